The standard InChI is InChI=1S/C19H20N4O4S2/c1-27-15-5-2-4-14(12-15)20-19(24)13-8-10-23(11-9-13)29(25,26)17-7-3-6-16-18(17)22-28-21-16/h2-7,12-13H,8-11H2,1H3,(H,20,24). The molecule has 2 heterocycles. The summed E-state index contributed by atoms with van der Waals surface area (Å²) in [5.41, 5.74) is 1.63. The van der Waals surface area contributed by atoms with Crippen molar-refractivity contribution >= 4 is 44.4 Å². The predicted octanol–water partition coefficient (Wildman–Crippen LogP) is 2.74. The molecular weight excluding hydrogens is 412 g/mol. The molecule has 0 radical (unpaired) electrons. The van der Waals surface area contributed by atoms with Gasteiger partial charge in [0.2, 0.25) is 15.9 Å². The number of fused-ring (bicyclic) bond motifs is 1. The highest BCUT2D eigenvalue weighted by Gasteiger charge is 2.33. The Hall–Kier alpha value is -2.56. The molecule has 1 aromatic heterocycles. The van der Waals surface area contributed by atoms with Crippen molar-refractivity contribution in [2.45, 2.75) is 17.7 Å². The van der Waals surface area contributed by atoms with Gasteiger partial charge in [0.15, 0.2) is 0 Å². The van der Waals surface area contributed by atoms with Gasteiger partial charge in [-0.1, -0.05) is 12.1 Å². The topological polar surface area (TPSA) is 101 Å². The average Bonchev–Trinajstić information content (AvgIpc) is 3.22. The summed E-state index contributed by atoms with van der Waals surface area (Å²) < 4.78 is 41.0. The molecule has 10 heteroatoms. The number of aromatic nitrogens is 2. The van der Waals surface area contributed by atoms with E-state index in [4.69, 9.17) is 4.74 Å². The molecule has 2 aromatic carbocycles. The van der Waals surface area contributed by atoms with E-state index in [1.165, 1.54) is 4.31 Å². The number of nitrogens with one attached hydrogen (secondary N) is 1. The van der Waals surface area contributed by atoms with E-state index >= 15 is 0 Å². The molecule has 1 amide bonds. The van der Waals surface area contributed by atoms with Gasteiger partial charge in [-0.15, -0.1) is 0 Å². The van der Waals surface area contributed by atoms with Crippen molar-refractivity contribution in [3.8, 4) is 5.75 Å². The Morgan fingerprint density at radius 2 is 1.93 bits per heavy atom. The average molecular weight is 433 g/mol. The number of rotatable bonds is 5. The summed E-state index contributed by atoms with van der Waals surface area (Å²) in [7, 11) is -2.12. The van der Waals surface area contributed by atoms with Crippen LogP contribution in [0, 0.1) is 5.92 Å². The Kier molecular flexibility index (Phi) is 5.48. The van der Waals surface area contributed by atoms with Crippen LogP contribution in [0.15, 0.2) is 47.4 Å². The SMILES string of the molecule is COc1cccc(NC(=O)C2CCN(S(=O)(=O)c3cccc4nsnc34)CC2)c1. The molecule has 0 atom stereocenters. The highest BCUT2D eigenvalue weighted by Crippen LogP contribution is 2.28. The molecule has 1 aliphatic heterocycles. The van der Waals surface area contributed by atoms with Crippen LogP contribution in [-0.4, -0.2) is 47.6 Å². The molecule has 0 aliphatic carbocycles. The zero-order valence-corrected chi connectivity index (χ0v) is 17.4. The van der Waals surface area contributed by atoms with Gasteiger partial charge >= 0.3 is 0 Å². The van der Waals surface area contributed by atoms with E-state index in [0.29, 0.717) is 35.3 Å². The molecule has 1 N–H and O–H groups in total. The van der Waals surface area contributed by atoms with E-state index in [-0.39, 0.29) is 29.8 Å². The predicted molar refractivity (Wildman–Crippen MR) is 111 cm³/mol. The van der Waals surface area contributed by atoms with E-state index in [2.05, 4.69) is 14.1 Å². The third kappa shape index (κ3) is 3.96. The number of piperidine rings is 1. The number of ether oxygens (including phenoxy) is 1. The van der Waals surface area contributed by atoms with Crippen molar-refractivity contribution in [1.82, 2.24) is 13.1 Å². The van der Waals surface area contributed by atoms with E-state index in [1.807, 2.05) is 0 Å². The summed E-state index contributed by atoms with van der Waals surface area (Å²) in [6.07, 6.45) is 0.917. The minimum atomic E-state index is -3.69. The summed E-state index contributed by atoms with van der Waals surface area (Å²) >= 11 is 0.993. The van der Waals surface area contributed by atoms with Gasteiger partial charge in [0.1, 0.15) is 21.7 Å². The fraction of sp³-hybridized carbons (Fsp3) is 0.316. The number of carbonyl (C=O) groups is 1. The smallest absolute Gasteiger partial charge is 0.245 e. The van der Waals surface area contributed by atoms with Gasteiger partial charge in [0.25, 0.3) is 0 Å². The van der Waals surface area contributed by atoms with Crippen LogP contribution in [0.3, 0.4) is 0 Å². The maximum Gasteiger partial charge on any atom is 0.245 e. The Balaban J connectivity index is 1.43. The maximum atomic E-state index is 13.1. The third-order valence-electron chi connectivity index (χ3n) is 5.03. The van der Waals surface area contributed by atoms with Gasteiger partial charge in [0, 0.05) is 30.8 Å². The zero-order valence-electron chi connectivity index (χ0n) is 15.7. The Morgan fingerprint density at radius 1 is 1.17 bits per heavy atom. The van der Waals surface area contributed by atoms with Gasteiger partial charge in [-0.05, 0) is 37.1 Å². The van der Waals surface area contributed by atoms with E-state index < -0.39 is 10.0 Å². The number of hydrogen-bond donors (Lipinski definition) is 1. The van der Waals surface area contributed by atoms with Gasteiger partial charge < -0.3 is 10.1 Å². The second-order valence-corrected chi connectivity index (χ2v) is 9.22. The van der Waals surface area contributed by atoms with Crippen LogP contribution < -0.4 is 10.1 Å². The second-order valence-electron chi connectivity index (χ2n) is 6.79. The summed E-state index contributed by atoms with van der Waals surface area (Å²) in [5, 5.41) is 2.89. The summed E-state index contributed by atoms with van der Waals surface area (Å²) in [6, 6.07) is 12.1. The summed E-state index contributed by atoms with van der Waals surface area (Å²) in [5.74, 6) is 0.305. The highest BCUT2D eigenvalue weighted by atomic mass is 32.2. The number of benzene rings is 2. The normalized spacial score (nSPS) is 16.0. The highest BCUT2D eigenvalue weighted by molar-refractivity contribution is 7.89. The first-order valence-corrected chi connectivity index (χ1v) is 11.3. The van der Waals surface area contributed by atoms with Crippen LogP contribution in [-0.2, 0) is 14.8 Å². The van der Waals surface area contributed by atoms with E-state index in [9.17, 15) is 13.2 Å². The molecule has 3 aromatic rings. The molecule has 1 fully saturated rings. The lowest BCUT2D eigenvalue weighted by Gasteiger charge is -2.30. The Bertz CT molecular complexity index is 1140. The number of sulfonamides is 1. The molecule has 8 nitrogen and oxygen atoms in total. The lowest BCUT2D eigenvalue weighted by atomic mass is 9.97. The molecule has 152 valence electrons. The van der Waals surface area contributed by atoms with Crippen molar-refractivity contribution in [2.24, 2.45) is 5.92 Å². The third-order valence-corrected chi connectivity index (χ3v) is 7.50. The Morgan fingerprint density at radius 3 is 2.69 bits per heavy atom. The van der Waals surface area contributed by atoms with Gasteiger partial charge in [-0.3, -0.25) is 4.79 Å². The van der Waals surface area contributed by atoms with Crippen LogP contribution in [0.4, 0.5) is 5.69 Å². The van der Waals surface area contributed by atoms with E-state index in [1.54, 1.807) is 49.6 Å². The van der Waals surface area contributed by atoms with Crippen molar-refractivity contribution in [1.29, 1.82) is 0 Å². The molecule has 0 bridgehead atoms. The number of methoxy groups -OCH3 is 1. The van der Waals surface area contributed by atoms with Crippen LogP contribution in [0.1, 0.15) is 12.8 Å². The summed E-state index contributed by atoms with van der Waals surface area (Å²) in [6.45, 7) is 0.568. The minimum absolute atomic E-state index is 0.110. The maximum absolute atomic E-state index is 13.1. The fourth-order valence-electron chi connectivity index (χ4n) is 3.43. The van der Waals surface area contributed by atoms with Gasteiger partial charge in [-0.2, -0.15) is 13.1 Å². The molecule has 0 spiro atoms. The molecular formula is C19H20N4O4S2. The first kappa shape index (κ1) is 19.7. The minimum Gasteiger partial charge on any atom is -0.497 e. The quantitative estimate of drug-likeness (QED) is 0.665. The summed E-state index contributed by atoms with van der Waals surface area (Å²) in [4.78, 5) is 12.8. The number of amides is 1. The number of nitrogens with zero attached hydrogens (tertiary/aromatic N) is 3. The molecule has 0 unspecified atom stereocenters. The number of carbonyl (C=O) groups excluding carboxylic acids is 1. The largest absolute Gasteiger partial charge is 0.497 e. The molecule has 1 aliphatic rings. The van der Waals surface area contributed by atoms with Gasteiger partial charge in [-0.25, -0.2) is 8.42 Å². The first-order chi connectivity index (χ1) is 14.0. The lowest BCUT2D eigenvalue weighted by Crippen LogP contribution is -2.41. The van der Waals surface area contributed by atoms with Crippen molar-refractivity contribution in [2.75, 3.05) is 25.5 Å². The van der Waals surface area contributed by atoms with Crippen molar-refractivity contribution < 1.29 is 17.9 Å². The first-order valence-electron chi connectivity index (χ1n) is 9.15. The zero-order chi connectivity index (χ0) is 20.4. The van der Waals surface area contributed by atoms with Crippen molar-refractivity contribution in [3.63, 3.8) is 0 Å². The number of hydrogen-bond acceptors (Lipinski definition) is 7. The van der Waals surface area contributed by atoms with Crippen LogP contribution in [0.2, 0.25) is 0 Å². The Labute approximate surface area is 172 Å². The molecule has 0 saturated carbocycles. The number of anilines is 1. The van der Waals surface area contributed by atoms with Crippen LogP contribution in [0.5, 0.6) is 5.75 Å². The molecule has 4 rings (SSSR count). The van der Waals surface area contributed by atoms with Gasteiger partial charge in [0.05, 0.1) is 18.8 Å². The lowest BCUT2D eigenvalue weighted by molar-refractivity contribution is -0.120. The second kappa shape index (κ2) is 8.05. The van der Waals surface area contributed by atoms with E-state index in [0.717, 1.165) is 11.7 Å². The van der Waals surface area contributed by atoms with Crippen LogP contribution >= 0.6 is 11.7 Å². The monoisotopic (exact) mass is 432 g/mol. The fourth-order valence-corrected chi connectivity index (χ4v) is 5.65. The molecule has 1 saturated heterocycles. The van der Waals surface area contributed by atoms with Crippen molar-refractivity contribution in [3.05, 3.63) is 42.5 Å². The van der Waals surface area contributed by atoms with Crippen LogP contribution in [0.25, 0.3) is 11.0 Å². The molecule has 29 heavy (non-hydrogen) atoms.